The summed E-state index contributed by atoms with van der Waals surface area (Å²) in [7, 11) is 0. The molecule has 5 heteroatoms. The Morgan fingerprint density at radius 2 is 2.06 bits per heavy atom. The van der Waals surface area contributed by atoms with Crippen LogP contribution < -0.4 is 11.1 Å². The molecule has 0 aliphatic heterocycles. The average Bonchev–Trinajstić information content (AvgIpc) is 2.34. The molecule has 1 aromatic carbocycles. The molecule has 0 aromatic heterocycles. The van der Waals surface area contributed by atoms with Crippen LogP contribution in [0.1, 0.15) is 19.4 Å². The van der Waals surface area contributed by atoms with Gasteiger partial charge in [-0.05, 0) is 31.3 Å². The van der Waals surface area contributed by atoms with Crippen LogP contribution in [0.15, 0.2) is 18.2 Å². The molecule has 1 aromatic rings. The van der Waals surface area contributed by atoms with Crippen LogP contribution in [0.3, 0.4) is 0 Å². The van der Waals surface area contributed by atoms with Crippen LogP contribution in [0.5, 0.6) is 0 Å². The summed E-state index contributed by atoms with van der Waals surface area (Å²) in [5, 5.41) is 3.18. The largest absolute Gasteiger partial charge is 0.389 e. The number of likely N-dealkylation sites (N-methyl/N-ethyl adjacent to an activating group) is 1. The first-order valence-electron chi connectivity index (χ1n) is 6.14. The fourth-order valence-corrected chi connectivity index (χ4v) is 1.89. The lowest BCUT2D eigenvalue weighted by atomic mass is 10.2. The maximum absolute atomic E-state index is 13.6. The van der Waals surface area contributed by atoms with Gasteiger partial charge in [-0.15, -0.1) is 0 Å². The summed E-state index contributed by atoms with van der Waals surface area (Å²) in [6, 6.07) is 4.83. The third kappa shape index (κ3) is 4.23. The monoisotopic (exact) mass is 269 g/mol. The second-order valence-electron chi connectivity index (χ2n) is 4.01. The molecule has 0 heterocycles. The second-order valence-corrected chi connectivity index (χ2v) is 4.45. The van der Waals surface area contributed by atoms with Crippen molar-refractivity contribution in [2.24, 2.45) is 5.73 Å². The summed E-state index contributed by atoms with van der Waals surface area (Å²) >= 11 is 4.76. The van der Waals surface area contributed by atoms with E-state index in [2.05, 4.69) is 24.1 Å². The second kappa shape index (κ2) is 7.28. The summed E-state index contributed by atoms with van der Waals surface area (Å²) in [4.78, 5) is 2.38. The van der Waals surface area contributed by atoms with Crippen LogP contribution in [0.2, 0.25) is 0 Å². The predicted octanol–water partition coefficient (Wildman–Crippen LogP) is 2.21. The minimum absolute atomic E-state index is 0.0854. The smallest absolute Gasteiger partial charge is 0.135 e. The molecule has 0 spiro atoms. The van der Waals surface area contributed by atoms with Crippen molar-refractivity contribution in [2.45, 2.75) is 13.8 Å². The number of hydrogen-bond acceptors (Lipinski definition) is 3. The zero-order valence-corrected chi connectivity index (χ0v) is 11.7. The van der Waals surface area contributed by atoms with Crippen LogP contribution in [0.25, 0.3) is 0 Å². The predicted molar refractivity (Wildman–Crippen MR) is 78.6 cm³/mol. The molecule has 18 heavy (non-hydrogen) atoms. The Balaban J connectivity index is 2.53. The number of nitrogens with one attached hydrogen (secondary N) is 1. The third-order valence-electron chi connectivity index (χ3n) is 2.89. The standard InChI is InChI=1S/C13H20FN3S/c1-3-17(4-2)8-7-16-10-5-6-11(13(15)18)12(14)9-10/h5-6,9,16H,3-4,7-8H2,1-2H3,(H2,15,18). The van der Waals surface area contributed by atoms with Gasteiger partial charge in [0, 0.05) is 24.3 Å². The minimum Gasteiger partial charge on any atom is -0.389 e. The molecule has 0 saturated carbocycles. The Hall–Kier alpha value is -1.20. The van der Waals surface area contributed by atoms with E-state index in [1.54, 1.807) is 12.1 Å². The average molecular weight is 269 g/mol. The maximum atomic E-state index is 13.6. The van der Waals surface area contributed by atoms with Gasteiger partial charge < -0.3 is 16.0 Å². The molecule has 0 atom stereocenters. The highest BCUT2D eigenvalue weighted by Gasteiger charge is 2.05. The van der Waals surface area contributed by atoms with E-state index in [0.29, 0.717) is 5.56 Å². The SMILES string of the molecule is CCN(CC)CCNc1ccc(C(N)=S)c(F)c1. The zero-order chi connectivity index (χ0) is 13.5. The van der Waals surface area contributed by atoms with E-state index in [4.69, 9.17) is 18.0 Å². The van der Waals surface area contributed by atoms with Crippen molar-refractivity contribution in [1.29, 1.82) is 0 Å². The van der Waals surface area contributed by atoms with E-state index >= 15 is 0 Å². The van der Waals surface area contributed by atoms with Crippen molar-refractivity contribution in [3.8, 4) is 0 Å². The molecule has 0 saturated heterocycles. The van der Waals surface area contributed by atoms with E-state index in [1.165, 1.54) is 6.07 Å². The molecular formula is C13H20FN3S. The van der Waals surface area contributed by atoms with Crippen LogP contribution in [-0.2, 0) is 0 Å². The van der Waals surface area contributed by atoms with Crippen LogP contribution in [-0.4, -0.2) is 36.1 Å². The Morgan fingerprint density at radius 1 is 1.39 bits per heavy atom. The zero-order valence-electron chi connectivity index (χ0n) is 10.9. The van der Waals surface area contributed by atoms with Gasteiger partial charge in [-0.3, -0.25) is 0 Å². The lowest BCUT2D eigenvalue weighted by molar-refractivity contribution is 0.316. The first kappa shape index (κ1) is 14.9. The Labute approximate surface area is 113 Å². The van der Waals surface area contributed by atoms with Crippen molar-refractivity contribution in [3.05, 3.63) is 29.6 Å². The first-order valence-corrected chi connectivity index (χ1v) is 6.54. The Kier molecular flexibility index (Phi) is 6.01. The number of hydrogen-bond donors (Lipinski definition) is 2. The number of nitrogens with zero attached hydrogens (tertiary/aromatic N) is 1. The van der Waals surface area contributed by atoms with E-state index in [9.17, 15) is 4.39 Å². The highest BCUT2D eigenvalue weighted by molar-refractivity contribution is 7.80. The lowest BCUT2D eigenvalue weighted by Crippen LogP contribution is -2.28. The van der Waals surface area contributed by atoms with Gasteiger partial charge in [0.05, 0.1) is 0 Å². The molecule has 0 unspecified atom stereocenters. The van der Waals surface area contributed by atoms with Crippen LogP contribution in [0.4, 0.5) is 10.1 Å². The number of thiocarbonyl (C=S) groups is 1. The van der Waals surface area contributed by atoms with E-state index in [1.807, 2.05) is 0 Å². The van der Waals surface area contributed by atoms with Gasteiger partial charge in [0.2, 0.25) is 0 Å². The van der Waals surface area contributed by atoms with Gasteiger partial charge in [-0.2, -0.15) is 0 Å². The maximum Gasteiger partial charge on any atom is 0.135 e. The first-order chi connectivity index (χ1) is 8.58. The third-order valence-corrected chi connectivity index (χ3v) is 3.11. The van der Waals surface area contributed by atoms with Gasteiger partial charge in [0.1, 0.15) is 10.8 Å². The Morgan fingerprint density at radius 3 is 2.56 bits per heavy atom. The van der Waals surface area contributed by atoms with E-state index < -0.39 is 0 Å². The molecule has 0 fully saturated rings. The minimum atomic E-state index is -0.379. The van der Waals surface area contributed by atoms with Crippen molar-refractivity contribution in [1.82, 2.24) is 4.90 Å². The van der Waals surface area contributed by atoms with E-state index in [-0.39, 0.29) is 10.8 Å². The Bertz CT molecular complexity index is 405. The summed E-state index contributed by atoms with van der Waals surface area (Å²) in [5.41, 5.74) is 6.45. The molecule has 3 N–H and O–H groups in total. The molecule has 0 bridgehead atoms. The molecule has 0 aliphatic carbocycles. The molecule has 0 radical (unpaired) electrons. The van der Waals surface area contributed by atoms with Gasteiger partial charge in [0.25, 0.3) is 0 Å². The number of halogens is 1. The molecular weight excluding hydrogens is 249 g/mol. The quantitative estimate of drug-likeness (QED) is 0.745. The fourth-order valence-electron chi connectivity index (χ4n) is 1.72. The molecule has 1 rings (SSSR count). The van der Waals surface area contributed by atoms with E-state index in [0.717, 1.165) is 31.9 Å². The van der Waals surface area contributed by atoms with Gasteiger partial charge in [-0.1, -0.05) is 26.1 Å². The summed E-state index contributed by atoms with van der Waals surface area (Å²) in [5.74, 6) is -0.379. The molecule has 3 nitrogen and oxygen atoms in total. The van der Waals surface area contributed by atoms with Gasteiger partial charge >= 0.3 is 0 Å². The fraction of sp³-hybridized carbons (Fsp3) is 0.462. The number of rotatable bonds is 7. The normalized spacial score (nSPS) is 10.7. The summed E-state index contributed by atoms with van der Waals surface area (Å²) < 4.78 is 13.6. The number of anilines is 1. The van der Waals surface area contributed by atoms with Crippen LogP contribution >= 0.6 is 12.2 Å². The summed E-state index contributed by atoms with van der Waals surface area (Å²) in [6.07, 6.45) is 0. The van der Waals surface area contributed by atoms with Crippen molar-refractivity contribution < 1.29 is 4.39 Å². The highest BCUT2D eigenvalue weighted by Crippen LogP contribution is 2.14. The van der Waals surface area contributed by atoms with Crippen molar-refractivity contribution in [3.63, 3.8) is 0 Å². The molecule has 0 aliphatic rings. The highest BCUT2D eigenvalue weighted by atomic mass is 32.1. The van der Waals surface area contributed by atoms with Gasteiger partial charge in [0.15, 0.2) is 0 Å². The number of nitrogens with two attached hydrogens (primary N) is 1. The van der Waals surface area contributed by atoms with Crippen molar-refractivity contribution >= 4 is 22.9 Å². The summed E-state index contributed by atoms with van der Waals surface area (Å²) in [6.45, 7) is 8.01. The topological polar surface area (TPSA) is 41.3 Å². The molecule has 0 amide bonds. The van der Waals surface area contributed by atoms with Crippen molar-refractivity contribution in [2.75, 3.05) is 31.5 Å². The molecule has 100 valence electrons. The number of benzene rings is 1. The van der Waals surface area contributed by atoms with Gasteiger partial charge in [-0.25, -0.2) is 4.39 Å². The lowest BCUT2D eigenvalue weighted by Gasteiger charge is -2.18. The van der Waals surface area contributed by atoms with Crippen LogP contribution in [0, 0.1) is 5.82 Å².